The van der Waals surface area contributed by atoms with Crippen molar-refractivity contribution in [3.63, 3.8) is 0 Å². The molecule has 0 fully saturated rings. The zero-order valence-electron chi connectivity index (χ0n) is 9.59. The number of aromatic nitrogens is 1. The number of hydrogen-bond acceptors (Lipinski definition) is 7. The Morgan fingerprint density at radius 3 is 2.95 bits per heavy atom. The molecular formula is C11H9ClN4O2S. The molecule has 0 aliphatic carbocycles. The maximum atomic E-state index is 6.11. The highest BCUT2D eigenvalue weighted by Gasteiger charge is 2.15. The number of anilines is 2. The number of hydrazone groups is 1. The van der Waals surface area contributed by atoms with Crippen LogP contribution in [0, 0.1) is 0 Å². The number of ether oxygens (including phenoxy) is 2. The summed E-state index contributed by atoms with van der Waals surface area (Å²) < 4.78 is 10.5. The normalized spacial score (nSPS) is 13.1. The van der Waals surface area contributed by atoms with Crippen LogP contribution in [0.4, 0.5) is 10.9 Å². The van der Waals surface area contributed by atoms with Crippen molar-refractivity contribution in [2.75, 3.05) is 18.0 Å². The molecule has 0 saturated heterocycles. The molecule has 1 aromatic heterocycles. The molecule has 1 aromatic carbocycles. The number of benzene rings is 1. The molecule has 8 heteroatoms. The van der Waals surface area contributed by atoms with Crippen LogP contribution in [0.1, 0.15) is 5.56 Å². The van der Waals surface area contributed by atoms with Crippen molar-refractivity contribution in [1.82, 2.24) is 4.98 Å². The van der Waals surface area contributed by atoms with Gasteiger partial charge >= 0.3 is 0 Å². The van der Waals surface area contributed by atoms with Crippen LogP contribution < -0.4 is 20.6 Å². The molecule has 0 radical (unpaired) electrons. The largest absolute Gasteiger partial charge is 0.454 e. The summed E-state index contributed by atoms with van der Waals surface area (Å²) in [7, 11) is 0. The van der Waals surface area contributed by atoms with Gasteiger partial charge in [-0.15, -0.1) is 11.3 Å². The van der Waals surface area contributed by atoms with Gasteiger partial charge in [0.1, 0.15) is 5.82 Å². The predicted molar refractivity (Wildman–Crippen MR) is 75.3 cm³/mol. The first-order valence-electron chi connectivity index (χ1n) is 5.31. The third-order valence-corrected chi connectivity index (χ3v) is 3.47. The molecule has 3 N–H and O–H groups in total. The fraction of sp³-hybridized carbons (Fsp3) is 0.0909. The van der Waals surface area contributed by atoms with Crippen LogP contribution in [0.2, 0.25) is 5.02 Å². The molecule has 2 heterocycles. The van der Waals surface area contributed by atoms with Crippen molar-refractivity contribution < 1.29 is 9.47 Å². The van der Waals surface area contributed by atoms with E-state index in [1.165, 1.54) is 11.3 Å². The molecule has 0 bridgehead atoms. The first kappa shape index (κ1) is 12.1. The number of hydrogen-bond donors (Lipinski definition) is 2. The second-order valence-corrected chi connectivity index (χ2v) is 4.94. The van der Waals surface area contributed by atoms with E-state index in [-0.39, 0.29) is 6.79 Å². The van der Waals surface area contributed by atoms with Gasteiger partial charge in [0, 0.05) is 17.0 Å². The summed E-state index contributed by atoms with van der Waals surface area (Å²) in [6.07, 6.45) is 1.59. The molecule has 0 unspecified atom stereocenters. The van der Waals surface area contributed by atoms with Gasteiger partial charge in [0.05, 0.1) is 11.2 Å². The maximum Gasteiger partial charge on any atom is 0.231 e. The van der Waals surface area contributed by atoms with Crippen LogP contribution in [-0.4, -0.2) is 18.0 Å². The summed E-state index contributed by atoms with van der Waals surface area (Å²) in [5.74, 6) is 1.76. The Bertz CT molecular complexity index is 644. The summed E-state index contributed by atoms with van der Waals surface area (Å²) in [4.78, 5) is 4.02. The van der Waals surface area contributed by atoms with Crippen molar-refractivity contribution in [3.8, 4) is 11.5 Å². The molecule has 19 heavy (non-hydrogen) atoms. The fourth-order valence-electron chi connectivity index (χ4n) is 1.53. The SMILES string of the molecule is Nc1csc(NN=Cc2cc3c(cc2Cl)OCO3)n1. The summed E-state index contributed by atoms with van der Waals surface area (Å²) >= 11 is 7.48. The van der Waals surface area contributed by atoms with Crippen LogP contribution in [0.5, 0.6) is 11.5 Å². The standard InChI is InChI=1S/C11H9ClN4O2S/c12-7-2-9-8(17-5-18-9)1-6(7)3-14-16-11-15-10(13)4-19-11/h1-4H,5,13H2,(H,15,16). The average molecular weight is 297 g/mol. The summed E-state index contributed by atoms with van der Waals surface area (Å²) in [6.45, 7) is 0.211. The minimum absolute atomic E-state index is 0.211. The van der Waals surface area contributed by atoms with E-state index in [4.69, 9.17) is 26.8 Å². The number of nitrogen functional groups attached to an aromatic ring is 1. The molecule has 1 aliphatic rings. The van der Waals surface area contributed by atoms with Crippen molar-refractivity contribution in [3.05, 3.63) is 28.1 Å². The molecule has 0 atom stereocenters. The van der Waals surface area contributed by atoms with Crippen LogP contribution in [0.25, 0.3) is 0 Å². The minimum Gasteiger partial charge on any atom is -0.454 e. The quantitative estimate of drug-likeness (QED) is 0.672. The fourth-order valence-corrected chi connectivity index (χ4v) is 2.28. The number of nitrogens with zero attached hydrogens (tertiary/aromatic N) is 2. The lowest BCUT2D eigenvalue weighted by molar-refractivity contribution is 0.174. The Kier molecular flexibility index (Phi) is 3.14. The van der Waals surface area contributed by atoms with Gasteiger partial charge in [0.2, 0.25) is 11.9 Å². The van der Waals surface area contributed by atoms with Gasteiger partial charge < -0.3 is 15.2 Å². The Morgan fingerprint density at radius 2 is 2.21 bits per heavy atom. The van der Waals surface area contributed by atoms with Crippen molar-refractivity contribution in [1.29, 1.82) is 0 Å². The van der Waals surface area contributed by atoms with E-state index in [9.17, 15) is 0 Å². The molecule has 2 aromatic rings. The van der Waals surface area contributed by atoms with E-state index >= 15 is 0 Å². The number of thiazole rings is 1. The molecule has 1 aliphatic heterocycles. The predicted octanol–water partition coefficient (Wildman–Crippen LogP) is 2.55. The van der Waals surface area contributed by atoms with Gasteiger partial charge in [-0.3, -0.25) is 5.43 Å². The number of fused-ring (bicyclic) bond motifs is 1. The maximum absolute atomic E-state index is 6.11. The third-order valence-electron chi connectivity index (χ3n) is 2.38. The number of nitrogens with two attached hydrogens (primary N) is 1. The Labute approximate surface area is 117 Å². The molecule has 0 spiro atoms. The van der Waals surface area contributed by atoms with Crippen molar-refractivity contribution >= 4 is 40.1 Å². The lowest BCUT2D eigenvalue weighted by Crippen LogP contribution is -1.93. The van der Waals surface area contributed by atoms with E-state index in [0.717, 1.165) is 5.56 Å². The Balaban J connectivity index is 1.76. The number of rotatable bonds is 3. The Hall–Kier alpha value is -1.99. The van der Waals surface area contributed by atoms with Crippen LogP contribution >= 0.6 is 22.9 Å². The molecular weight excluding hydrogens is 288 g/mol. The lowest BCUT2D eigenvalue weighted by Gasteiger charge is -2.01. The number of halogens is 1. The molecule has 0 saturated carbocycles. The highest BCUT2D eigenvalue weighted by atomic mass is 35.5. The van der Waals surface area contributed by atoms with E-state index in [1.54, 1.807) is 23.7 Å². The summed E-state index contributed by atoms with van der Waals surface area (Å²) in [6, 6.07) is 3.47. The van der Waals surface area contributed by atoms with E-state index in [2.05, 4.69) is 15.5 Å². The average Bonchev–Trinajstić information content (AvgIpc) is 2.98. The first-order chi connectivity index (χ1) is 9.22. The lowest BCUT2D eigenvalue weighted by atomic mass is 10.2. The molecule has 3 rings (SSSR count). The zero-order valence-corrected chi connectivity index (χ0v) is 11.2. The highest BCUT2D eigenvalue weighted by molar-refractivity contribution is 7.14. The molecule has 0 amide bonds. The Morgan fingerprint density at radius 1 is 1.42 bits per heavy atom. The first-order valence-corrected chi connectivity index (χ1v) is 6.57. The van der Waals surface area contributed by atoms with Crippen LogP contribution in [-0.2, 0) is 0 Å². The van der Waals surface area contributed by atoms with Gasteiger partial charge in [0.25, 0.3) is 0 Å². The smallest absolute Gasteiger partial charge is 0.231 e. The van der Waals surface area contributed by atoms with Gasteiger partial charge in [-0.05, 0) is 6.07 Å². The summed E-state index contributed by atoms with van der Waals surface area (Å²) in [5.41, 5.74) is 9.00. The second-order valence-electron chi connectivity index (χ2n) is 3.67. The number of nitrogens with one attached hydrogen (secondary N) is 1. The van der Waals surface area contributed by atoms with Crippen molar-refractivity contribution in [2.45, 2.75) is 0 Å². The topological polar surface area (TPSA) is 81.8 Å². The van der Waals surface area contributed by atoms with Gasteiger partial charge in [-0.1, -0.05) is 11.6 Å². The van der Waals surface area contributed by atoms with Gasteiger partial charge in [-0.2, -0.15) is 5.10 Å². The van der Waals surface area contributed by atoms with Crippen LogP contribution in [0.3, 0.4) is 0 Å². The van der Waals surface area contributed by atoms with E-state index < -0.39 is 0 Å². The second kappa shape index (κ2) is 4.94. The summed E-state index contributed by atoms with van der Waals surface area (Å²) in [5, 5.41) is 6.93. The van der Waals surface area contributed by atoms with E-state index in [1.807, 2.05) is 0 Å². The molecule has 6 nitrogen and oxygen atoms in total. The van der Waals surface area contributed by atoms with Crippen molar-refractivity contribution in [2.24, 2.45) is 5.10 Å². The minimum atomic E-state index is 0.211. The molecule has 98 valence electrons. The van der Waals surface area contributed by atoms with Gasteiger partial charge in [-0.25, -0.2) is 4.98 Å². The third kappa shape index (κ3) is 2.56. The van der Waals surface area contributed by atoms with Gasteiger partial charge in [0.15, 0.2) is 11.5 Å². The highest BCUT2D eigenvalue weighted by Crippen LogP contribution is 2.36. The zero-order chi connectivity index (χ0) is 13.2. The van der Waals surface area contributed by atoms with Crippen LogP contribution in [0.15, 0.2) is 22.6 Å². The monoisotopic (exact) mass is 296 g/mol. The van der Waals surface area contributed by atoms with E-state index in [0.29, 0.717) is 27.5 Å².